The van der Waals surface area contributed by atoms with Crippen LogP contribution in [0.15, 0.2) is 36.1 Å². The molecular weight excluding hydrogens is 514 g/mol. The third-order valence-corrected chi connectivity index (χ3v) is 10.3. The van der Waals surface area contributed by atoms with Crippen molar-refractivity contribution in [3.63, 3.8) is 0 Å². The molecule has 3 aliphatic heterocycles. The molecule has 218 valence electrons. The predicted octanol–water partition coefficient (Wildman–Crippen LogP) is 1.74. The van der Waals surface area contributed by atoms with E-state index in [-0.39, 0.29) is 35.7 Å². The van der Waals surface area contributed by atoms with Gasteiger partial charge in [0.05, 0.1) is 6.17 Å². The van der Waals surface area contributed by atoms with Crippen LogP contribution in [0.3, 0.4) is 0 Å². The minimum Gasteiger partial charge on any atom is -0.361 e. The van der Waals surface area contributed by atoms with Gasteiger partial charge in [-0.2, -0.15) is 0 Å². The number of fused-ring (bicyclic) bond motifs is 1. The molecule has 4 heterocycles. The Kier molecular flexibility index (Phi) is 6.72. The maximum atomic E-state index is 14.2. The van der Waals surface area contributed by atoms with Crippen LogP contribution in [-0.4, -0.2) is 81.8 Å². The van der Waals surface area contributed by atoms with Crippen LogP contribution in [0.1, 0.15) is 52.4 Å². The lowest BCUT2D eigenvalue weighted by molar-refractivity contribution is -0.143. The van der Waals surface area contributed by atoms with Crippen molar-refractivity contribution in [3.8, 4) is 0 Å². The SMILES string of the molecule is CC(C)C(=O)N1CCC2(CC1)NC(C1C=CC(C3C=c4cc[nH]c4=CC3)=CC1)N(CC1CN(C(=O)C3CC3)C1)C2=O. The lowest BCUT2D eigenvalue weighted by Crippen LogP contribution is -2.57. The molecule has 4 fully saturated rings. The fourth-order valence-corrected chi connectivity index (χ4v) is 7.56. The highest BCUT2D eigenvalue weighted by atomic mass is 16.2. The molecule has 3 aliphatic carbocycles. The van der Waals surface area contributed by atoms with Crippen molar-refractivity contribution >= 4 is 29.9 Å². The molecule has 1 aromatic rings. The summed E-state index contributed by atoms with van der Waals surface area (Å²) in [4.78, 5) is 48.7. The molecule has 7 rings (SSSR count). The van der Waals surface area contributed by atoms with Gasteiger partial charge in [-0.15, -0.1) is 0 Å². The van der Waals surface area contributed by atoms with Crippen LogP contribution in [-0.2, 0) is 14.4 Å². The topological polar surface area (TPSA) is 88.8 Å². The van der Waals surface area contributed by atoms with E-state index in [1.54, 1.807) is 0 Å². The van der Waals surface area contributed by atoms with Crippen molar-refractivity contribution in [1.82, 2.24) is 25.0 Å². The van der Waals surface area contributed by atoms with Gasteiger partial charge in [0.2, 0.25) is 17.7 Å². The average Bonchev–Trinajstić information content (AvgIpc) is 3.66. The zero-order valence-electron chi connectivity index (χ0n) is 24.4. The quantitative estimate of drug-likeness (QED) is 0.558. The first-order valence-corrected chi connectivity index (χ1v) is 15.7. The van der Waals surface area contributed by atoms with Gasteiger partial charge in [0.25, 0.3) is 0 Å². The molecule has 3 amide bonds. The first kappa shape index (κ1) is 26.7. The molecule has 41 heavy (non-hydrogen) atoms. The van der Waals surface area contributed by atoms with E-state index in [9.17, 15) is 14.4 Å². The summed E-state index contributed by atoms with van der Waals surface area (Å²) >= 11 is 0. The van der Waals surface area contributed by atoms with E-state index < -0.39 is 5.54 Å². The van der Waals surface area contributed by atoms with E-state index in [0.717, 1.165) is 38.8 Å². The van der Waals surface area contributed by atoms with Gasteiger partial charge in [-0.3, -0.25) is 19.7 Å². The normalized spacial score (nSPS) is 29.2. The summed E-state index contributed by atoms with van der Waals surface area (Å²) in [6.07, 6.45) is 18.8. The molecular formula is C33H43N5O3. The molecule has 1 saturated carbocycles. The fraction of sp³-hybridized carbons (Fsp3) is 0.606. The second kappa shape index (κ2) is 10.3. The molecule has 3 unspecified atom stereocenters. The van der Waals surface area contributed by atoms with E-state index >= 15 is 0 Å². The summed E-state index contributed by atoms with van der Waals surface area (Å²) in [7, 11) is 0. The summed E-state index contributed by atoms with van der Waals surface area (Å²) in [5, 5.41) is 6.32. The monoisotopic (exact) mass is 557 g/mol. The number of likely N-dealkylation sites (tertiary alicyclic amines) is 2. The van der Waals surface area contributed by atoms with Crippen LogP contribution >= 0.6 is 0 Å². The maximum Gasteiger partial charge on any atom is 0.244 e. The van der Waals surface area contributed by atoms with E-state index in [1.807, 2.05) is 29.8 Å². The molecule has 3 saturated heterocycles. The summed E-state index contributed by atoms with van der Waals surface area (Å²) in [5.41, 5.74) is 0.740. The van der Waals surface area contributed by atoms with Crippen molar-refractivity contribution in [2.45, 2.75) is 64.1 Å². The summed E-state index contributed by atoms with van der Waals surface area (Å²) in [6.45, 7) is 7.31. The number of H-pyrrole nitrogens is 1. The Morgan fingerprint density at radius 1 is 1.07 bits per heavy atom. The first-order valence-electron chi connectivity index (χ1n) is 15.7. The Bertz CT molecular complexity index is 1400. The summed E-state index contributed by atoms with van der Waals surface area (Å²) in [6, 6.07) is 2.14. The average molecular weight is 558 g/mol. The number of hydrogen-bond acceptors (Lipinski definition) is 4. The largest absolute Gasteiger partial charge is 0.361 e. The van der Waals surface area contributed by atoms with Crippen molar-refractivity contribution in [2.75, 3.05) is 32.7 Å². The number of carbonyl (C=O) groups is 3. The smallest absolute Gasteiger partial charge is 0.244 e. The van der Waals surface area contributed by atoms with E-state index in [2.05, 4.69) is 51.6 Å². The lowest BCUT2D eigenvalue weighted by Gasteiger charge is -2.43. The van der Waals surface area contributed by atoms with Gasteiger partial charge in [-0.25, -0.2) is 0 Å². The number of allylic oxidation sites excluding steroid dienone is 3. The highest BCUT2D eigenvalue weighted by Gasteiger charge is 2.55. The zero-order valence-corrected chi connectivity index (χ0v) is 24.4. The first-order chi connectivity index (χ1) is 19.8. The lowest BCUT2D eigenvalue weighted by atomic mass is 9.84. The van der Waals surface area contributed by atoms with Gasteiger partial charge in [0.1, 0.15) is 5.54 Å². The highest BCUT2D eigenvalue weighted by Crippen LogP contribution is 2.39. The molecule has 3 atom stereocenters. The molecule has 0 radical (unpaired) electrons. The van der Waals surface area contributed by atoms with Crippen LogP contribution in [0, 0.1) is 29.6 Å². The predicted molar refractivity (Wildman–Crippen MR) is 157 cm³/mol. The van der Waals surface area contributed by atoms with Gasteiger partial charge in [-0.1, -0.05) is 44.2 Å². The molecule has 8 nitrogen and oxygen atoms in total. The third-order valence-electron chi connectivity index (χ3n) is 10.3. The van der Waals surface area contributed by atoms with Crippen LogP contribution in [0.4, 0.5) is 0 Å². The number of hydrogen-bond donors (Lipinski definition) is 2. The molecule has 6 aliphatic rings. The minimum absolute atomic E-state index is 0.0309. The summed E-state index contributed by atoms with van der Waals surface area (Å²) < 4.78 is 0. The summed E-state index contributed by atoms with van der Waals surface area (Å²) in [5.74, 6) is 1.77. The molecule has 8 heteroatoms. The van der Waals surface area contributed by atoms with Gasteiger partial charge in [-0.05, 0) is 55.4 Å². The van der Waals surface area contributed by atoms with Crippen molar-refractivity contribution in [3.05, 3.63) is 46.6 Å². The molecule has 1 spiro atoms. The van der Waals surface area contributed by atoms with Crippen LogP contribution < -0.4 is 15.9 Å². The van der Waals surface area contributed by atoms with Crippen LogP contribution in [0.5, 0.6) is 0 Å². The Morgan fingerprint density at radius 3 is 2.54 bits per heavy atom. The minimum atomic E-state index is -0.611. The fourth-order valence-electron chi connectivity index (χ4n) is 7.56. The van der Waals surface area contributed by atoms with E-state index in [0.29, 0.717) is 50.2 Å². The molecule has 2 N–H and O–H groups in total. The standard InChI is InChI=1S/C33H43N5O3/c1-21(2)30(39)36-15-12-33(13-16-36)32(41)38(20-22-18-37(19-22)31(40)25-7-8-25)29(35-33)24-5-3-23(4-6-24)26-9-10-28-27(17-26)11-14-34-28/h3-5,10-11,14,17,21-22,24-26,29,34-35H,6-9,12-13,15-16,18-20H2,1-2H3. The Labute approximate surface area is 242 Å². The molecule has 0 bridgehead atoms. The number of piperidine rings is 1. The van der Waals surface area contributed by atoms with E-state index in [4.69, 9.17) is 0 Å². The number of aromatic amines is 1. The highest BCUT2D eigenvalue weighted by molar-refractivity contribution is 5.90. The second-order valence-electron chi connectivity index (χ2n) is 13.5. The number of nitrogens with one attached hydrogen (secondary N) is 2. The number of amides is 3. The number of rotatable bonds is 6. The third kappa shape index (κ3) is 4.88. The number of aromatic nitrogens is 1. The van der Waals surface area contributed by atoms with Crippen LogP contribution in [0.25, 0.3) is 12.2 Å². The number of carbonyl (C=O) groups excluding carboxylic acids is 3. The number of nitrogens with zero attached hydrogens (tertiary/aromatic N) is 3. The van der Waals surface area contributed by atoms with Gasteiger partial charge >= 0.3 is 0 Å². The van der Waals surface area contributed by atoms with Gasteiger partial charge in [0.15, 0.2) is 0 Å². The zero-order chi connectivity index (χ0) is 28.3. The van der Waals surface area contributed by atoms with Crippen LogP contribution in [0.2, 0.25) is 0 Å². The second-order valence-corrected chi connectivity index (χ2v) is 13.5. The Balaban J connectivity index is 1.06. The Morgan fingerprint density at radius 2 is 1.85 bits per heavy atom. The molecule has 0 aromatic carbocycles. The van der Waals surface area contributed by atoms with Gasteiger partial charge in [0, 0.05) is 73.9 Å². The molecule has 1 aromatic heterocycles. The van der Waals surface area contributed by atoms with Crippen molar-refractivity contribution in [2.24, 2.45) is 29.6 Å². The maximum absolute atomic E-state index is 14.2. The Hall–Kier alpha value is -3.13. The van der Waals surface area contributed by atoms with Gasteiger partial charge < -0.3 is 19.7 Å². The van der Waals surface area contributed by atoms with Crippen molar-refractivity contribution in [1.29, 1.82) is 0 Å². The van der Waals surface area contributed by atoms with Crippen molar-refractivity contribution < 1.29 is 14.4 Å². The van der Waals surface area contributed by atoms with E-state index in [1.165, 1.54) is 16.1 Å².